The molecule has 3 N–H and O–H groups in total. The molecule has 5 nitrogen and oxygen atoms in total. The molecule has 7 heteroatoms. The number of aromatic nitrogens is 2. The van der Waals surface area contributed by atoms with Crippen LogP contribution in [0.4, 0.5) is 0 Å². The van der Waals surface area contributed by atoms with Gasteiger partial charge in [0.2, 0.25) is 5.91 Å². The van der Waals surface area contributed by atoms with Crippen molar-refractivity contribution in [3.63, 3.8) is 0 Å². The lowest BCUT2D eigenvalue weighted by Crippen LogP contribution is -2.41. The first kappa shape index (κ1) is 17.8. The molecule has 1 aliphatic heterocycles. The summed E-state index contributed by atoms with van der Waals surface area (Å²) in [5, 5.41) is 6.15. The number of rotatable bonds is 4. The standard InChI is InChI=1S/C14H18N4O.2ClH/c19-14(12-6-3-8-15-12)16-9-7-13-17-10-4-1-2-5-11(10)18-13;;/h1-2,4-5,12,15H,3,6-9H2,(H,16,19)(H,17,18);2*1H. The number of H-pyrrole nitrogens is 1. The molecule has 2 heterocycles. The van der Waals surface area contributed by atoms with Crippen LogP contribution in [0.15, 0.2) is 24.3 Å². The Kier molecular flexibility index (Phi) is 6.95. The van der Waals surface area contributed by atoms with Gasteiger partial charge in [-0.05, 0) is 31.5 Å². The fraction of sp³-hybridized carbons (Fsp3) is 0.429. The third kappa shape index (κ3) is 4.33. The van der Waals surface area contributed by atoms with Gasteiger partial charge in [0.1, 0.15) is 5.82 Å². The molecule has 0 spiro atoms. The molecule has 1 aromatic heterocycles. The molecule has 1 unspecified atom stereocenters. The fourth-order valence-electron chi connectivity index (χ4n) is 2.46. The number of hydrogen-bond donors (Lipinski definition) is 3. The van der Waals surface area contributed by atoms with Crippen molar-refractivity contribution < 1.29 is 4.79 Å². The van der Waals surface area contributed by atoms with Crippen molar-refractivity contribution >= 4 is 41.8 Å². The second-order valence-electron chi connectivity index (χ2n) is 4.89. The van der Waals surface area contributed by atoms with Crippen LogP contribution in [0.25, 0.3) is 11.0 Å². The molecule has 1 amide bonds. The number of aromatic amines is 1. The third-order valence-electron chi connectivity index (χ3n) is 3.48. The maximum absolute atomic E-state index is 11.8. The van der Waals surface area contributed by atoms with Crippen molar-refractivity contribution in [2.24, 2.45) is 0 Å². The van der Waals surface area contributed by atoms with E-state index in [4.69, 9.17) is 0 Å². The van der Waals surface area contributed by atoms with Crippen LogP contribution in [0.3, 0.4) is 0 Å². The molecule has 0 saturated carbocycles. The number of imidazole rings is 1. The van der Waals surface area contributed by atoms with Gasteiger partial charge in [-0.1, -0.05) is 12.1 Å². The van der Waals surface area contributed by atoms with E-state index >= 15 is 0 Å². The minimum Gasteiger partial charge on any atom is -0.354 e. The third-order valence-corrected chi connectivity index (χ3v) is 3.48. The Morgan fingerprint density at radius 2 is 2.14 bits per heavy atom. The van der Waals surface area contributed by atoms with E-state index in [1.807, 2.05) is 24.3 Å². The van der Waals surface area contributed by atoms with Gasteiger partial charge in [-0.15, -0.1) is 24.8 Å². The normalized spacial score (nSPS) is 17.0. The van der Waals surface area contributed by atoms with E-state index in [0.717, 1.165) is 42.7 Å². The van der Waals surface area contributed by atoms with Gasteiger partial charge in [-0.2, -0.15) is 0 Å². The molecule has 1 aliphatic rings. The molecule has 1 fully saturated rings. The van der Waals surface area contributed by atoms with Gasteiger partial charge in [-0.3, -0.25) is 4.79 Å². The maximum Gasteiger partial charge on any atom is 0.237 e. The average Bonchev–Trinajstić information content (AvgIpc) is 3.07. The highest BCUT2D eigenvalue weighted by molar-refractivity contribution is 5.85. The van der Waals surface area contributed by atoms with Crippen molar-refractivity contribution in [2.75, 3.05) is 13.1 Å². The molecule has 0 radical (unpaired) electrons. The molecule has 21 heavy (non-hydrogen) atoms. The lowest BCUT2D eigenvalue weighted by Gasteiger charge is -2.10. The summed E-state index contributed by atoms with van der Waals surface area (Å²) < 4.78 is 0. The summed E-state index contributed by atoms with van der Waals surface area (Å²) in [5.74, 6) is 1.02. The number of carbonyl (C=O) groups is 1. The van der Waals surface area contributed by atoms with Gasteiger partial charge in [0.15, 0.2) is 0 Å². The highest BCUT2D eigenvalue weighted by Crippen LogP contribution is 2.10. The highest BCUT2D eigenvalue weighted by Gasteiger charge is 2.21. The number of nitrogens with zero attached hydrogens (tertiary/aromatic N) is 1. The summed E-state index contributed by atoms with van der Waals surface area (Å²) in [7, 11) is 0. The number of para-hydroxylation sites is 2. The van der Waals surface area contributed by atoms with Crippen LogP contribution < -0.4 is 10.6 Å². The molecule has 0 bridgehead atoms. The molecule has 2 aromatic rings. The largest absolute Gasteiger partial charge is 0.354 e. The van der Waals surface area contributed by atoms with Gasteiger partial charge in [0.05, 0.1) is 17.1 Å². The van der Waals surface area contributed by atoms with E-state index in [2.05, 4.69) is 20.6 Å². The summed E-state index contributed by atoms with van der Waals surface area (Å²) in [6.07, 6.45) is 2.76. The second-order valence-corrected chi connectivity index (χ2v) is 4.89. The van der Waals surface area contributed by atoms with Crippen molar-refractivity contribution in [2.45, 2.75) is 25.3 Å². The topological polar surface area (TPSA) is 69.8 Å². The summed E-state index contributed by atoms with van der Waals surface area (Å²) >= 11 is 0. The van der Waals surface area contributed by atoms with Crippen molar-refractivity contribution in [1.29, 1.82) is 0 Å². The van der Waals surface area contributed by atoms with Gasteiger partial charge in [-0.25, -0.2) is 4.98 Å². The molecule has 0 aliphatic carbocycles. The molecule has 1 aromatic carbocycles. The SMILES string of the molecule is Cl.Cl.O=C(NCCc1nc2ccccc2[nH]1)C1CCCN1. The van der Waals surface area contributed by atoms with Crippen LogP contribution in [-0.2, 0) is 11.2 Å². The number of nitrogens with one attached hydrogen (secondary N) is 3. The molecular weight excluding hydrogens is 311 g/mol. The van der Waals surface area contributed by atoms with Gasteiger partial charge in [0, 0.05) is 13.0 Å². The van der Waals surface area contributed by atoms with Gasteiger partial charge in [0.25, 0.3) is 0 Å². The Morgan fingerprint density at radius 3 is 2.86 bits per heavy atom. The summed E-state index contributed by atoms with van der Waals surface area (Å²) in [6, 6.07) is 7.94. The van der Waals surface area contributed by atoms with Crippen molar-refractivity contribution in [3.8, 4) is 0 Å². The van der Waals surface area contributed by atoms with Crippen LogP contribution in [0.2, 0.25) is 0 Å². The first-order chi connectivity index (χ1) is 9.33. The minimum atomic E-state index is -0.00401. The fourth-order valence-corrected chi connectivity index (χ4v) is 2.46. The van der Waals surface area contributed by atoms with Gasteiger partial charge >= 0.3 is 0 Å². The van der Waals surface area contributed by atoms with E-state index in [0.29, 0.717) is 6.54 Å². The Labute approximate surface area is 136 Å². The molecular formula is C14H20Cl2N4O. The maximum atomic E-state index is 11.8. The lowest BCUT2D eigenvalue weighted by atomic mass is 10.2. The molecule has 1 saturated heterocycles. The predicted octanol–water partition coefficient (Wildman–Crippen LogP) is 1.82. The predicted molar refractivity (Wildman–Crippen MR) is 88.3 cm³/mol. The molecule has 3 rings (SSSR count). The second kappa shape index (κ2) is 8.22. The quantitative estimate of drug-likeness (QED) is 0.800. The van der Waals surface area contributed by atoms with E-state index in [1.165, 1.54) is 0 Å². The number of amides is 1. The van der Waals surface area contributed by atoms with Gasteiger partial charge < -0.3 is 15.6 Å². The smallest absolute Gasteiger partial charge is 0.237 e. The van der Waals surface area contributed by atoms with Crippen LogP contribution in [-0.4, -0.2) is 35.0 Å². The van der Waals surface area contributed by atoms with E-state index in [1.54, 1.807) is 0 Å². The monoisotopic (exact) mass is 330 g/mol. The Bertz CT molecular complexity index is 548. The number of fused-ring (bicyclic) bond motifs is 1. The lowest BCUT2D eigenvalue weighted by molar-refractivity contribution is -0.122. The zero-order valence-electron chi connectivity index (χ0n) is 11.6. The number of benzene rings is 1. The van der Waals surface area contributed by atoms with Crippen LogP contribution >= 0.6 is 24.8 Å². The summed E-state index contributed by atoms with van der Waals surface area (Å²) in [6.45, 7) is 1.57. The summed E-state index contributed by atoms with van der Waals surface area (Å²) in [5.41, 5.74) is 2.02. The first-order valence-electron chi connectivity index (χ1n) is 6.77. The van der Waals surface area contributed by atoms with Crippen LogP contribution in [0.5, 0.6) is 0 Å². The molecule has 1 atom stereocenters. The summed E-state index contributed by atoms with van der Waals surface area (Å²) in [4.78, 5) is 19.5. The minimum absolute atomic E-state index is 0. The first-order valence-corrected chi connectivity index (χ1v) is 6.77. The number of hydrogen-bond acceptors (Lipinski definition) is 3. The number of halogens is 2. The zero-order valence-corrected chi connectivity index (χ0v) is 13.2. The van der Waals surface area contributed by atoms with Crippen LogP contribution in [0, 0.1) is 0 Å². The number of carbonyl (C=O) groups excluding carboxylic acids is 1. The van der Waals surface area contributed by atoms with Crippen LogP contribution in [0.1, 0.15) is 18.7 Å². The Morgan fingerprint density at radius 1 is 1.33 bits per heavy atom. The van der Waals surface area contributed by atoms with Crippen molar-refractivity contribution in [1.82, 2.24) is 20.6 Å². The van der Waals surface area contributed by atoms with E-state index in [-0.39, 0.29) is 36.8 Å². The van der Waals surface area contributed by atoms with Crippen molar-refractivity contribution in [3.05, 3.63) is 30.1 Å². The molecule has 116 valence electrons. The average molecular weight is 331 g/mol. The zero-order chi connectivity index (χ0) is 13.1. The highest BCUT2D eigenvalue weighted by atomic mass is 35.5. The van der Waals surface area contributed by atoms with E-state index < -0.39 is 0 Å². The van der Waals surface area contributed by atoms with E-state index in [9.17, 15) is 4.79 Å². The Balaban J connectivity index is 0.00000110. The Hall–Kier alpha value is -1.30.